The highest BCUT2D eigenvalue weighted by molar-refractivity contribution is 6.13. The van der Waals surface area contributed by atoms with Gasteiger partial charge in [0.2, 0.25) is 0 Å². The minimum absolute atomic E-state index is 0.262. The molecular weight excluding hydrogens is 392 g/mol. The van der Waals surface area contributed by atoms with Crippen LogP contribution in [0.25, 0.3) is 12.2 Å². The first-order valence-electron chi connectivity index (χ1n) is 11.5. The second-order valence-corrected chi connectivity index (χ2v) is 9.58. The van der Waals surface area contributed by atoms with Crippen molar-refractivity contribution in [2.45, 2.75) is 67.9 Å². The standard InChI is InChI=1S/C28H32N4/c1-13-14(2)22-10-24-17(5)18(6)26(31-24)12-28-20(8)19(7)27(32-28)11-25-16(4)15(3)23(30-25)9-21(13)29-22/h9-11,26,30-31H,12H2,1-8H3/b21-9-,24-10-,27-11-. The van der Waals surface area contributed by atoms with E-state index in [0.717, 1.165) is 34.9 Å². The average molecular weight is 425 g/mol. The Kier molecular flexibility index (Phi) is 4.66. The molecule has 32 heavy (non-hydrogen) atoms. The molecule has 0 aromatic carbocycles. The van der Waals surface area contributed by atoms with E-state index in [4.69, 9.17) is 9.98 Å². The number of fused-ring (bicyclic) bond motifs is 6. The molecule has 1 unspecified atom stereocenters. The van der Waals surface area contributed by atoms with E-state index < -0.39 is 0 Å². The summed E-state index contributed by atoms with van der Waals surface area (Å²) in [7, 11) is 0. The second kappa shape index (κ2) is 7.19. The van der Waals surface area contributed by atoms with Crippen molar-refractivity contribution in [3.8, 4) is 0 Å². The summed E-state index contributed by atoms with van der Waals surface area (Å²) in [6.45, 7) is 17.5. The Morgan fingerprint density at radius 2 is 1.28 bits per heavy atom. The van der Waals surface area contributed by atoms with Crippen LogP contribution in [0.3, 0.4) is 0 Å². The maximum atomic E-state index is 5.08. The maximum Gasteiger partial charge on any atom is 0.0690 e. The van der Waals surface area contributed by atoms with E-state index in [-0.39, 0.29) is 6.04 Å². The number of nitrogens with zero attached hydrogens (tertiary/aromatic N) is 2. The third-order valence-corrected chi connectivity index (χ3v) is 7.94. The van der Waals surface area contributed by atoms with Crippen LogP contribution in [0.1, 0.15) is 70.5 Å². The first-order chi connectivity index (χ1) is 15.2. The Hall–Kier alpha value is -3.14. The van der Waals surface area contributed by atoms with Crippen LogP contribution >= 0.6 is 0 Å². The Morgan fingerprint density at radius 1 is 0.688 bits per heavy atom. The quantitative estimate of drug-likeness (QED) is 0.491. The first kappa shape index (κ1) is 20.7. The number of nitrogens with one attached hydrogen (secondary N) is 2. The number of aromatic amines is 1. The van der Waals surface area contributed by atoms with Gasteiger partial charge >= 0.3 is 0 Å². The maximum absolute atomic E-state index is 5.08. The molecular formula is C28H32N4. The highest BCUT2D eigenvalue weighted by Gasteiger charge is 2.29. The molecule has 4 heteroatoms. The van der Waals surface area contributed by atoms with Gasteiger partial charge in [0.05, 0.1) is 23.1 Å². The molecule has 4 aliphatic rings. The van der Waals surface area contributed by atoms with E-state index in [0.29, 0.717) is 0 Å². The Bertz CT molecular complexity index is 1330. The monoisotopic (exact) mass is 424 g/mol. The van der Waals surface area contributed by atoms with Crippen molar-refractivity contribution in [2.75, 3.05) is 0 Å². The van der Waals surface area contributed by atoms with Gasteiger partial charge in [-0.1, -0.05) is 0 Å². The lowest BCUT2D eigenvalue weighted by Gasteiger charge is -2.15. The van der Waals surface area contributed by atoms with Crippen molar-refractivity contribution in [1.82, 2.24) is 10.3 Å². The van der Waals surface area contributed by atoms with Gasteiger partial charge in [0.15, 0.2) is 0 Å². The smallest absolute Gasteiger partial charge is 0.0690 e. The summed E-state index contributed by atoms with van der Waals surface area (Å²) in [5.41, 5.74) is 18.0. The van der Waals surface area contributed by atoms with Crippen molar-refractivity contribution in [2.24, 2.45) is 9.98 Å². The van der Waals surface area contributed by atoms with Gasteiger partial charge in [0, 0.05) is 29.2 Å². The van der Waals surface area contributed by atoms with Crippen LogP contribution < -0.4 is 5.32 Å². The normalized spacial score (nSPS) is 27.6. The van der Waals surface area contributed by atoms with Gasteiger partial charge in [-0.15, -0.1) is 0 Å². The van der Waals surface area contributed by atoms with Gasteiger partial charge in [0.25, 0.3) is 0 Å². The predicted octanol–water partition coefficient (Wildman–Crippen LogP) is 6.49. The number of allylic oxidation sites excluding steroid dienone is 6. The number of H-pyrrole nitrogens is 1. The fourth-order valence-electron chi connectivity index (χ4n) is 4.88. The largest absolute Gasteiger partial charge is 0.378 e. The third kappa shape index (κ3) is 3.04. The number of rotatable bonds is 0. The van der Waals surface area contributed by atoms with E-state index in [1.807, 2.05) is 0 Å². The fourth-order valence-corrected chi connectivity index (χ4v) is 4.88. The summed E-state index contributed by atoms with van der Waals surface area (Å²) < 4.78 is 0. The third-order valence-electron chi connectivity index (χ3n) is 7.94. The molecule has 0 saturated heterocycles. The molecule has 1 aromatic heterocycles. The average Bonchev–Trinajstić information content (AvgIpc) is 3.37. The zero-order valence-corrected chi connectivity index (χ0v) is 20.4. The van der Waals surface area contributed by atoms with Crippen LogP contribution in [0.2, 0.25) is 0 Å². The minimum Gasteiger partial charge on any atom is -0.378 e. The van der Waals surface area contributed by atoms with E-state index in [9.17, 15) is 0 Å². The van der Waals surface area contributed by atoms with Gasteiger partial charge in [-0.05, 0) is 118 Å². The minimum atomic E-state index is 0.262. The van der Waals surface area contributed by atoms with Crippen molar-refractivity contribution in [3.05, 3.63) is 79.1 Å². The molecule has 0 amide bonds. The Balaban J connectivity index is 1.74. The Labute approximate surface area is 191 Å². The van der Waals surface area contributed by atoms with E-state index in [1.54, 1.807) is 0 Å². The van der Waals surface area contributed by atoms with Crippen LogP contribution in [-0.4, -0.2) is 22.4 Å². The second-order valence-electron chi connectivity index (χ2n) is 9.58. The van der Waals surface area contributed by atoms with Gasteiger partial charge in [-0.3, -0.25) is 4.99 Å². The summed E-state index contributed by atoms with van der Waals surface area (Å²) in [4.78, 5) is 13.7. The number of aromatic nitrogens is 1. The van der Waals surface area contributed by atoms with E-state index in [1.165, 1.54) is 56.0 Å². The van der Waals surface area contributed by atoms with Crippen molar-refractivity contribution >= 4 is 23.6 Å². The fraction of sp³-hybridized carbons (Fsp3) is 0.357. The summed E-state index contributed by atoms with van der Waals surface area (Å²) in [5, 5.41) is 3.76. The first-order valence-corrected chi connectivity index (χ1v) is 11.5. The highest BCUT2D eigenvalue weighted by atomic mass is 15.0. The van der Waals surface area contributed by atoms with Crippen molar-refractivity contribution < 1.29 is 0 Å². The molecule has 5 rings (SSSR count). The van der Waals surface area contributed by atoms with Gasteiger partial charge in [-0.25, -0.2) is 4.99 Å². The molecule has 1 atom stereocenters. The topological polar surface area (TPSA) is 52.5 Å². The number of hydrogen-bond acceptors (Lipinski definition) is 3. The van der Waals surface area contributed by atoms with Crippen LogP contribution in [0.15, 0.2) is 66.6 Å². The molecule has 4 aliphatic heterocycles. The molecule has 0 spiro atoms. The number of hydrogen-bond donors (Lipinski definition) is 2. The summed E-state index contributed by atoms with van der Waals surface area (Å²) in [6.07, 6.45) is 7.51. The lowest BCUT2D eigenvalue weighted by Crippen LogP contribution is -2.27. The molecule has 8 bridgehead atoms. The predicted molar refractivity (Wildman–Crippen MR) is 136 cm³/mol. The highest BCUT2D eigenvalue weighted by Crippen LogP contribution is 2.35. The van der Waals surface area contributed by atoms with Crippen LogP contribution in [0.4, 0.5) is 0 Å². The molecule has 0 fully saturated rings. The molecule has 0 aliphatic carbocycles. The zero-order valence-electron chi connectivity index (χ0n) is 20.4. The molecule has 1 aromatic rings. The van der Waals surface area contributed by atoms with Gasteiger partial charge < -0.3 is 10.3 Å². The lowest BCUT2D eigenvalue weighted by atomic mass is 9.97. The lowest BCUT2D eigenvalue weighted by molar-refractivity contribution is 0.705. The van der Waals surface area contributed by atoms with E-state index in [2.05, 4.69) is 83.9 Å². The van der Waals surface area contributed by atoms with Gasteiger partial charge in [-0.2, -0.15) is 0 Å². The SMILES string of the molecule is CC1=C(C)/C2=C/c3[nH]c(c(C)c3C)/C=C3\N=C(CC4N/C(=C\C1=N2)C(C)=C4C)C(C)=C3C. The Morgan fingerprint density at radius 3 is 1.94 bits per heavy atom. The summed E-state index contributed by atoms with van der Waals surface area (Å²) in [6, 6.07) is 0.262. The molecule has 5 heterocycles. The summed E-state index contributed by atoms with van der Waals surface area (Å²) >= 11 is 0. The molecule has 0 saturated carbocycles. The van der Waals surface area contributed by atoms with Crippen LogP contribution in [0.5, 0.6) is 0 Å². The molecule has 2 N–H and O–H groups in total. The number of aliphatic imine (C=N–C) groups is 2. The van der Waals surface area contributed by atoms with Crippen LogP contribution in [-0.2, 0) is 0 Å². The zero-order chi connectivity index (χ0) is 22.9. The molecule has 4 nitrogen and oxygen atoms in total. The van der Waals surface area contributed by atoms with Crippen LogP contribution in [0, 0.1) is 13.8 Å². The molecule has 164 valence electrons. The van der Waals surface area contributed by atoms with Crippen molar-refractivity contribution in [1.29, 1.82) is 0 Å². The summed E-state index contributed by atoms with van der Waals surface area (Å²) in [5.74, 6) is 0. The van der Waals surface area contributed by atoms with Gasteiger partial charge in [0.1, 0.15) is 0 Å². The van der Waals surface area contributed by atoms with Crippen molar-refractivity contribution in [3.63, 3.8) is 0 Å². The molecule has 0 radical (unpaired) electrons. The van der Waals surface area contributed by atoms with E-state index >= 15 is 0 Å².